The molecule has 0 bridgehead atoms. The molecule has 0 aliphatic carbocycles. The summed E-state index contributed by atoms with van der Waals surface area (Å²) in [5.41, 5.74) is 3.05. The highest BCUT2D eigenvalue weighted by atomic mass is 16.5. The first-order valence-electron chi connectivity index (χ1n) is 5.46. The van der Waals surface area contributed by atoms with Gasteiger partial charge in [0.2, 0.25) is 0 Å². The second kappa shape index (κ2) is 3.27. The van der Waals surface area contributed by atoms with Crippen LogP contribution in [0, 0.1) is 12.8 Å². The summed E-state index contributed by atoms with van der Waals surface area (Å²) in [4.78, 5) is 8.61. The van der Waals surface area contributed by atoms with Crippen LogP contribution in [-0.2, 0) is 10.3 Å². The number of ether oxygens (including phenoxy) is 1. The van der Waals surface area contributed by atoms with Crippen molar-refractivity contribution >= 4 is 0 Å². The molecule has 2 atom stereocenters. The maximum Gasteiger partial charge on any atom is 0.116 e. The number of rotatable bonds is 1. The predicted molar refractivity (Wildman–Crippen MR) is 58.5 cm³/mol. The third-order valence-electron chi connectivity index (χ3n) is 3.47. The van der Waals surface area contributed by atoms with Gasteiger partial charge in [-0.3, -0.25) is 0 Å². The van der Waals surface area contributed by atoms with E-state index in [0.29, 0.717) is 5.92 Å². The highest BCUT2D eigenvalue weighted by Gasteiger charge is 2.44. The fourth-order valence-electron chi connectivity index (χ4n) is 2.32. The van der Waals surface area contributed by atoms with Crippen LogP contribution in [0.5, 0.6) is 0 Å². The third kappa shape index (κ3) is 1.37. The smallest absolute Gasteiger partial charge is 0.116 e. The van der Waals surface area contributed by atoms with Gasteiger partial charge in [-0.15, -0.1) is 0 Å². The summed E-state index contributed by atoms with van der Waals surface area (Å²) >= 11 is 0. The van der Waals surface area contributed by atoms with Crippen LogP contribution < -0.4 is 0 Å². The summed E-state index contributed by atoms with van der Waals surface area (Å²) in [6.07, 6.45) is 1.70. The first-order chi connectivity index (χ1) is 6.97. The van der Waals surface area contributed by atoms with Gasteiger partial charge in [-0.1, -0.05) is 13.8 Å². The lowest BCUT2D eigenvalue weighted by Crippen LogP contribution is -2.29. The van der Waals surface area contributed by atoms with Gasteiger partial charge in [-0.2, -0.15) is 0 Å². The Hall–Kier alpha value is -0.960. The van der Waals surface area contributed by atoms with Gasteiger partial charge < -0.3 is 4.74 Å². The number of nitrogens with zero attached hydrogens (tertiary/aromatic N) is 2. The van der Waals surface area contributed by atoms with Gasteiger partial charge in [-0.05, 0) is 26.7 Å². The molecule has 1 aliphatic heterocycles. The quantitative estimate of drug-likeness (QED) is 0.708. The lowest BCUT2D eigenvalue weighted by molar-refractivity contribution is -0.0875. The Labute approximate surface area is 90.9 Å². The van der Waals surface area contributed by atoms with E-state index in [1.807, 2.05) is 6.92 Å². The van der Waals surface area contributed by atoms with Crippen LogP contribution in [0.25, 0.3) is 0 Å². The standard InChI is InChI=1S/C12H18N2O/c1-7(2)12(5)10-8(3)13-6-14-11(10)9(4)15-12/h6-7,9H,1-5H3. The Morgan fingerprint density at radius 3 is 2.67 bits per heavy atom. The summed E-state index contributed by atoms with van der Waals surface area (Å²) in [6, 6.07) is 0. The van der Waals surface area contributed by atoms with Crippen LogP contribution >= 0.6 is 0 Å². The van der Waals surface area contributed by atoms with E-state index < -0.39 is 0 Å². The van der Waals surface area contributed by atoms with Gasteiger partial charge in [0, 0.05) is 11.3 Å². The van der Waals surface area contributed by atoms with Crippen LogP contribution in [0.1, 0.15) is 50.8 Å². The molecule has 0 N–H and O–H groups in total. The van der Waals surface area contributed by atoms with Crippen molar-refractivity contribution in [3.8, 4) is 0 Å². The minimum Gasteiger partial charge on any atom is -0.361 e. The third-order valence-corrected chi connectivity index (χ3v) is 3.47. The van der Waals surface area contributed by atoms with Crippen LogP contribution in [0.2, 0.25) is 0 Å². The van der Waals surface area contributed by atoms with Crippen molar-refractivity contribution < 1.29 is 4.74 Å². The molecule has 3 heteroatoms. The lowest BCUT2D eigenvalue weighted by atomic mass is 9.85. The average molecular weight is 206 g/mol. The molecule has 0 radical (unpaired) electrons. The molecule has 3 nitrogen and oxygen atoms in total. The molecule has 1 aromatic heterocycles. The van der Waals surface area contributed by atoms with Crippen molar-refractivity contribution in [2.24, 2.45) is 5.92 Å². The molecule has 15 heavy (non-hydrogen) atoms. The monoisotopic (exact) mass is 206 g/mol. The molecule has 2 unspecified atom stereocenters. The fraction of sp³-hybridized carbons (Fsp3) is 0.667. The first kappa shape index (κ1) is 10.6. The molecule has 0 saturated carbocycles. The van der Waals surface area contributed by atoms with Gasteiger partial charge >= 0.3 is 0 Å². The number of hydrogen-bond donors (Lipinski definition) is 0. The van der Waals surface area contributed by atoms with E-state index >= 15 is 0 Å². The molecule has 2 rings (SSSR count). The first-order valence-corrected chi connectivity index (χ1v) is 5.46. The maximum atomic E-state index is 6.06. The predicted octanol–water partition coefficient (Wildman–Crippen LogP) is 2.75. The lowest BCUT2D eigenvalue weighted by Gasteiger charge is -2.30. The van der Waals surface area contributed by atoms with Crippen molar-refractivity contribution in [2.45, 2.75) is 46.3 Å². The number of hydrogen-bond acceptors (Lipinski definition) is 3. The summed E-state index contributed by atoms with van der Waals surface area (Å²) in [6.45, 7) is 10.6. The zero-order valence-corrected chi connectivity index (χ0v) is 10.0. The van der Waals surface area contributed by atoms with Crippen LogP contribution in [0.3, 0.4) is 0 Å². The molecule has 0 fully saturated rings. The Kier molecular flexibility index (Phi) is 2.30. The molecular weight excluding hydrogens is 188 g/mol. The zero-order valence-electron chi connectivity index (χ0n) is 10.0. The van der Waals surface area contributed by atoms with E-state index in [2.05, 4.69) is 37.7 Å². The Bertz CT molecular complexity index is 389. The van der Waals surface area contributed by atoms with E-state index in [4.69, 9.17) is 4.74 Å². The van der Waals surface area contributed by atoms with E-state index in [9.17, 15) is 0 Å². The van der Waals surface area contributed by atoms with Crippen molar-refractivity contribution in [3.63, 3.8) is 0 Å². The topological polar surface area (TPSA) is 35.0 Å². The molecule has 0 spiro atoms. The summed E-state index contributed by atoms with van der Waals surface area (Å²) < 4.78 is 6.06. The van der Waals surface area contributed by atoms with Crippen LogP contribution in [0.4, 0.5) is 0 Å². The fourth-order valence-corrected chi connectivity index (χ4v) is 2.32. The number of fused-ring (bicyclic) bond motifs is 1. The molecule has 0 aromatic carbocycles. The molecule has 1 aromatic rings. The van der Waals surface area contributed by atoms with E-state index in [-0.39, 0.29) is 11.7 Å². The normalized spacial score (nSPS) is 29.6. The maximum absolute atomic E-state index is 6.06. The number of aryl methyl sites for hydroxylation is 1. The minimum atomic E-state index is -0.236. The molecule has 1 aliphatic rings. The van der Waals surface area contributed by atoms with Gasteiger partial charge in [0.05, 0.1) is 17.4 Å². The van der Waals surface area contributed by atoms with E-state index in [0.717, 1.165) is 11.4 Å². The minimum absolute atomic E-state index is 0.0779. The van der Waals surface area contributed by atoms with E-state index in [1.54, 1.807) is 6.33 Å². The average Bonchev–Trinajstić information content (AvgIpc) is 2.42. The largest absolute Gasteiger partial charge is 0.361 e. The Morgan fingerprint density at radius 1 is 1.40 bits per heavy atom. The molecule has 0 saturated heterocycles. The highest BCUT2D eigenvalue weighted by molar-refractivity contribution is 5.35. The van der Waals surface area contributed by atoms with Gasteiger partial charge in [0.1, 0.15) is 6.33 Å². The van der Waals surface area contributed by atoms with Crippen molar-refractivity contribution in [1.82, 2.24) is 9.97 Å². The van der Waals surface area contributed by atoms with Gasteiger partial charge in [-0.25, -0.2) is 9.97 Å². The highest BCUT2D eigenvalue weighted by Crippen LogP contribution is 2.47. The van der Waals surface area contributed by atoms with Crippen molar-refractivity contribution in [1.29, 1.82) is 0 Å². The Balaban J connectivity index is 2.63. The van der Waals surface area contributed by atoms with Gasteiger partial charge in [0.25, 0.3) is 0 Å². The number of aromatic nitrogens is 2. The Morgan fingerprint density at radius 2 is 2.07 bits per heavy atom. The van der Waals surface area contributed by atoms with Crippen molar-refractivity contribution in [3.05, 3.63) is 23.3 Å². The second-order valence-electron chi connectivity index (χ2n) is 4.74. The summed E-state index contributed by atoms with van der Waals surface area (Å²) in [5, 5.41) is 0. The summed E-state index contributed by atoms with van der Waals surface area (Å²) in [5.74, 6) is 0.422. The van der Waals surface area contributed by atoms with Crippen LogP contribution in [0.15, 0.2) is 6.33 Å². The summed E-state index contributed by atoms with van der Waals surface area (Å²) in [7, 11) is 0. The zero-order chi connectivity index (χ0) is 11.2. The molecule has 2 heterocycles. The molecule has 82 valence electrons. The van der Waals surface area contributed by atoms with Crippen molar-refractivity contribution in [2.75, 3.05) is 0 Å². The second-order valence-corrected chi connectivity index (χ2v) is 4.74. The van der Waals surface area contributed by atoms with Gasteiger partial charge in [0.15, 0.2) is 0 Å². The molecule has 0 amide bonds. The molecular formula is C12H18N2O. The SMILES string of the molecule is Cc1ncnc2c1C(C)(C(C)C)OC2C. The van der Waals surface area contributed by atoms with Crippen LogP contribution in [-0.4, -0.2) is 9.97 Å². The van der Waals surface area contributed by atoms with E-state index in [1.165, 1.54) is 5.56 Å².